The number of hydrogen-bond acceptors (Lipinski definition) is 1. The van der Waals surface area contributed by atoms with Crippen LogP contribution in [0.4, 0.5) is 0 Å². The van der Waals surface area contributed by atoms with Gasteiger partial charge in [-0.1, -0.05) is 0 Å². The molecule has 5 heavy (non-hydrogen) atoms. The van der Waals surface area contributed by atoms with Gasteiger partial charge < -0.3 is 2.85 Å². The van der Waals surface area contributed by atoms with E-state index in [2.05, 4.69) is 0 Å². The first kappa shape index (κ1) is 9.48. The van der Waals surface area contributed by atoms with Gasteiger partial charge in [-0.15, -0.1) is 0 Å². The van der Waals surface area contributed by atoms with Crippen LogP contribution in [0, 0.1) is 0 Å². The smallest absolute Gasteiger partial charge is 1.00 e. The Labute approximate surface area is 63.8 Å². The van der Waals surface area contributed by atoms with Crippen molar-refractivity contribution in [1.82, 2.24) is 0 Å². The Bertz CT molecular complexity index is 38.7. The van der Waals surface area contributed by atoms with Crippen molar-refractivity contribution in [3.63, 3.8) is 0 Å². The summed E-state index contributed by atoms with van der Waals surface area (Å²) in [7, 11) is 0. The first-order chi connectivity index (χ1) is 1.73. The van der Waals surface area contributed by atoms with E-state index in [9.17, 15) is 4.79 Å². The van der Waals surface area contributed by atoms with Crippen LogP contribution in [-0.2, 0) is 4.79 Å². The number of hydrogen-bond donors (Lipinski definition) is 0. The molecular weight excluding hydrogens is 191 g/mol. The van der Waals surface area contributed by atoms with Crippen LogP contribution in [0.1, 0.15) is 9.78 Å². The number of carbonyl (C=O) groups is 1. The molecule has 0 aliphatic rings. The molecule has 28 valence electrons. The Morgan fingerprint density at radius 1 is 2.00 bits per heavy atom. The molecular formula is C2H5IMgO. The maximum Gasteiger partial charge on any atom is 2.00 e. The topological polar surface area (TPSA) is 17.1 Å². The van der Waals surface area contributed by atoms with Crippen LogP contribution in [0.15, 0.2) is 0 Å². The standard InChI is InChI=1S/C2H3IO.Mg.2H/c1-2(3)4;;;/h1H3;;;/q;+2;2*-1. The maximum absolute atomic E-state index is 9.43. The molecule has 0 rings (SSSR count). The molecule has 0 aliphatic heterocycles. The summed E-state index contributed by atoms with van der Waals surface area (Å²) in [6.07, 6.45) is 0. The Hall–Kier alpha value is 1.17. The fourth-order valence-electron chi connectivity index (χ4n) is 0. The molecule has 0 heterocycles. The summed E-state index contributed by atoms with van der Waals surface area (Å²) in [5.41, 5.74) is 0. The van der Waals surface area contributed by atoms with Gasteiger partial charge in [0.1, 0.15) is 0 Å². The first-order valence-corrected chi connectivity index (χ1v) is 1.97. The van der Waals surface area contributed by atoms with Crippen molar-refractivity contribution in [2.24, 2.45) is 0 Å². The fourth-order valence-corrected chi connectivity index (χ4v) is 0. The van der Waals surface area contributed by atoms with Crippen molar-refractivity contribution in [3.05, 3.63) is 0 Å². The van der Waals surface area contributed by atoms with E-state index in [0.29, 0.717) is 0 Å². The molecule has 0 amide bonds. The predicted molar refractivity (Wildman–Crippen MR) is 32.7 cm³/mol. The van der Waals surface area contributed by atoms with E-state index in [0.717, 1.165) is 0 Å². The van der Waals surface area contributed by atoms with Crippen molar-refractivity contribution in [2.75, 3.05) is 0 Å². The summed E-state index contributed by atoms with van der Waals surface area (Å²) in [5, 5.41) is 0. The van der Waals surface area contributed by atoms with Gasteiger partial charge in [0.25, 0.3) is 0 Å². The molecule has 0 aliphatic carbocycles. The molecule has 0 fully saturated rings. The second kappa shape index (κ2) is 5.17. The van der Waals surface area contributed by atoms with Crippen LogP contribution in [0.3, 0.4) is 0 Å². The number of carbonyl (C=O) groups excluding carboxylic acids is 1. The Kier molecular flexibility index (Phi) is 9.80. The molecule has 0 N–H and O–H groups in total. The number of halogens is 1. The SMILES string of the molecule is CC(=O)I.[H-].[H-].[Mg+2]. The second-order valence-corrected chi connectivity index (χ2v) is 1.99. The van der Waals surface area contributed by atoms with Gasteiger partial charge in [0.15, 0.2) is 3.79 Å². The van der Waals surface area contributed by atoms with E-state index < -0.39 is 0 Å². The summed E-state index contributed by atoms with van der Waals surface area (Å²) in [4.78, 5) is 9.43. The van der Waals surface area contributed by atoms with Crippen LogP contribution in [-0.4, -0.2) is 26.8 Å². The average molecular weight is 196 g/mol. The van der Waals surface area contributed by atoms with Crippen molar-refractivity contribution in [3.8, 4) is 0 Å². The Morgan fingerprint density at radius 2 is 2.00 bits per heavy atom. The fraction of sp³-hybridized carbons (Fsp3) is 0.500. The molecule has 0 spiro atoms. The summed E-state index contributed by atoms with van der Waals surface area (Å²) in [5.74, 6) is 0. The van der Waals surface area contributed by atoms with Crippen LogP contribution in [0.2, 0.25) is 0 Å². The molecule has 0 unspecified atom stereocenters. The quantitative estimate of drug-likeness (QED) is 0.318. The minimum absolute atomic E-state index is 0. The van der Waals surface area contributed by atoms with Gasteiger partial charge in [0, 0.05) is 6.92 Å². The Morgan fingerprint density at radius 3 is 2.00 bits per heavy atom. The van der Waals surface area contributed by atoms with Gasteiger partial charge in [-0.3, -0.25) is 4.79 Å². The summed E-state index contributed by atoms with van der Waals surface area (Å²) in [6.45, 7) is 1.51. The minimum Gasteiger partial charge on any atom is -1.00 e. The minimum atomic E-state index is 0. The van der Waals surface area contributed by atoms with E-state index >= 15 is 0 Å². The molecule has 3 heteroatoms. The van der Waals surface area contributed by atoms with Crippen LogP contribution in [0.5, 0.6) is 0 Å². The third-order valence-corrected chi connectivity index (χ3v) is 0. The molecule has 0 atom stereocenters. The average Bonchev–Trinajstić information content (AvgIpc) is 0.811. The van der Waals surface area contributed by atoms with Gasteiger partial charge in [-0.2, -0.15) is 0 Å². The monoisotopic (exact) mass is 196 g/mol. The molecule has 1 nitrogen and oxygen atoms in total. The van der Waals surface area contributed by atoms with Crippen LogP contribution in [0.25, 0.3) is 0 Å². The summed E-state index contributed by atoms with van der Waals surface area (Å²) in [6, 6.07) is 0. The third-order valence-electron chi connectivity index (χ3n) is 0. The zero-order chi connectivity index (χ0) is 3.58. The zero-order valence-electron chi connectivity index (χ0n) is 4.99. The van der Waals surface area contributed by atoms with Gasteiger partial charge >= 0.3 is 23.1 Å². The van der Waals surface area contributed by atoms with E-state index in [1.54, 1.807) is 22.6 Å². The molecule has 0 saturated carbocycles. The first-order valence-electron chi connectivity index (χ1n) is 0.893. The molecule has 0 aromatic rings. The predicted octanol–water partition coefficient (Wildman–Crippen LogP) is 0.812. The second-order valence-electron chi connectivity index (χ2n) is 0.470. The summed E-state index contributed by atoms with van der Waals surface area (Å²) >= 11 is 1.70. The van der Waals surface area contributed by atoms with Crippen molar-refractivity contribution in [2.45, 2.75) is 6.92 Å². The normalized spacial score (nSPS) is 5.20. The van der Waals surface area contributed by atoms with E-state index in [1.165, 1.54) is 6.92 Å². The number of rotatable bonds is 0. The van der Waals surface area contributed by atoms with Gasteiger partial charge in [-0.25, -0.2) is 0 Å². The maximum atomic E-state index is 9.43. The van der Waals surface area contributed by atoms with Crippen LogP contribution >= 0.6 is 22.6 Å². The van der Waals surface area contributed by atoms with E-state index in [-0.39, 0.29) is 29.7 Å². The third kappa shape index (κ3) is 38.1. The zero-order valence-corrected chi connectivity index (χ0v) is 6.57. The molecule has 0 aromatic carbocycles. The Balaban J connectivity index is -0.0000000150. The van der Waals surface area contributed by atoms with Crippen molar-refractivity contribution in [1.29, 1.82) is 0 Å². The van der Waals surface area contributed by atoms with Gasteiger partial charge in [0.2, 0.25) is 0 Å². The molecule has 0 saturated heterocycles. The van der Waals surface area contributed by atoms with E-state index in [4.69, 9.17) is 0 Å². The largest absolute Gasteiger partial charge is 2.00 e. The van der Waals surface area contributed by atoms with Gasteiger partial charge in [-0.05, 0) is 22.6 Å². The molecule has 0 aromatic heterocycles. The van der Waals surface area contributed by atoms with Crippen molar-refractivity contribution < 1.29 is 7.65 Å². The van der Waals surface area contributed by atoms with Crippen molar-refractivity contribution >= 4 is 49.4 Å². The summed E-state index contributed by atoms with van der Waals surface area (Å²) < 4.78 is 0.137. The molecule has 0 bridgehead atoms. The molecule has 0 radical (unpaired) electrons. The van der Waals surface area contributed by atoms with E-state index in [1.807, 2.05) is 0 Å². The van der Waals surface area contributed by atoms with Gasteiger partial charge in [0.05, 0.1) is 0 Å². The van der Waals surface area contributed by atoms with Crippen LogP contribution < -0.4 is 0 Å².